The van der Waals surface area contributed by atoms with Gasteiger partial charge in [0.2, 0.25) is 0 Å². The fraction of sp³-hybridized carbons (Fsp3) is 0.200. The van der Waals surface area contributed by atoms with Crippen molar-refractivity contribution in [1.29, 1.82) is 0 Å². The number of rotatable bonds is 9. The molecule has 2 N–H and O–H groups in total. The van der Waals surface area contributed by atoms with E-state index in [0.717, 1.165) is 42.9 Å². The smallest absolute Gasteiger partial charge is 0.332 e. The van der Waals surface area contributed by atoms with E-state index in [2.05, 4.69) is 27.8 Å². The summed E-state index contributed by atoms with van der Waals surface area (Å²) in [7, 11) is -4.78. The van der Waals surface area contributed by atoms with Gasteiger partial charge in [0.15, 0.2) is 5.13 Å². The zero-order valence-electron chi connectivity index (χ0n) is 15.5. The lowest BCUT2D eigenvalue weighted by Gasteiger charge is -2.04. The number of nitrogens with zero attached hydrogens (tertiary/aromatic N) is 1. The van der Waals surface area contributed by atoms with Crippen molar-refractivity contribution in [3.05, 3.63) is 71.9 Å². The van der Waals surface area contributed by atoms with Crippen LogP contribution in [-0.4, -0.2) is 25.9 Å². The van der Waals surface area contributed by atoms with Crippen molar-refractivity contribution in [2.75, 3.05) is 17.2 Å². The summed E-state index contributed by atoms with van der Waals surface area (Å²) in [5.74, 6) is -0.448. The molecule has 0 saturated carbocycles. The van der Waals surface area contributed by atoms with E-state index in [1.54, 1.807) is 6.20 Å². The largest absolute Gasteiger partial charge is 0.376 e. The van der Waals surface area contributed by atoms with E-state index in [9.17, 15) is 17.1 Å². The molecule has 0 bridgehead atoms. The molecule has 29 heavy (non-hydrogen) atoms. The monoisotopic (exact) mass is 433 g/mol. The molecular formula is C20H20FN3O3S2. The highest BCUT2D eigenvalue weighted by Gasteiger charge is 2.14. The van der Waals surface area contributed by atoms with Gasteiger partial charge >= 0.3 is 10.2 Å². The van der Waals surface area contributed by atoms with Gasteiger partial charge in [-0.1, -0.05) is 41.7 Å². The SMILES string of the molecule is O=C(Nc1ncc(NCCCCc2ccccc2)s1)c1ccc(S(=O)(=O)F)cc1. The van der Waals surface area contributed by atoms with Crippen molar-refractivity contribution in [2.24, 2.45) is 0 Å². The highest BCUT2D eigenvalue weighted by molar-refractivity contribution is 7.86. The first-order valence-corrected chi connectivity index (χ1v) is 11.2. The van der Waals surface area contributed by atoms with Gasteiger partial charge in [-0.05, 0) is 49.1 Å². The van der Waals surface area contributed by atoms with Gasteiger partial charge in [0.1, 0.15) is 5.00 Å². The highest BCUT2D eigenvalue weighted by Crippen LogP contribution is 2.24. The molecule has 0 unspecified atom stereocenters. The van der Waals surface area contributed by atoms with Gasteiger partial charge < -0.3 is 5.32 Å². The summed E-state index contributed by atoms with van der Waals surface area (Å²) in [4.78, 5) is 15.9. The average molecular weight is 434 g/mol. The minimum Gasteiger partial charge on any atom is -0.376 e. The van der Waals surface area contributed by atoms with Crippen LogP contribution in [0.3, 0.4) is 0 Å². The molecule has 0 spiro atoms. The quantitative estimate of drug-likeness (QED) is 0.383. The van der Waals surface area contributed by atoms with Gasteiger partial charge in [-0.2, -0.15) is 8.42 Å². The van der Waals surface area contributed by atoms with Gasteiger partial charge in [-0.25, -0.2) is 4.98 Å². The van der Waals surface area contributed by atoms with Crippen LogP contribution in [0.2, 0.25) is 0 Å². The molecule has 0 fully saturated rings. The summed E-state index contributed by atoms with van der Waals surface area (Å²) < 4.78 is 34.5. The summed E-state index contributed by atoms with van der Waals surface area (Å²) in [6, 6.07) is 14.9. The van der Waals surface area contributed by atoms with Crippen LogP contribution in [-0.2, 0) is 16.6 Å². The summed E-state index contributed by atoms with van der Waals surface area (Å²) in [6.07, 6.45) is 4.77. The van der Waals surface area contributed by atoms with E-state index in [0.29, 0.717) is 5.13 Å². The van der Waals surface area contributed by atoms with Crippen LogP contribution in [0, 0.1) is 0 Å². The van der Waals surface area contributed by atoms with Crippen molar-refractivity contribution >= 4 is 37.6 Å². The number of hydrogen-bond acceptors (Lipinski definition) is 6. The Bertz CT molecular complexity index is 1050. The third kappa shape index (κ3) is 6.37. The van der Waals surface area contributed by atoms with Gasteiger partial charge in [-0.3, -0.25) is 10.1 Å². The number of halogens is 1. The maximum Gasteiger partial charge on any atom is 0.332 e. The van der Waals surface area contributed by atoms with Crippen LogP contribution in [0.5, 0.6) is 0 Å². The van der Waals surface area contributed by atoms with Crippen molar-refractivity contribution in [2.45, 2.75) is 24.2 Å². The number of anilines is 2. The topological polar surface area (TPSA) is 88.2 Å². The van der Waals surface area contributed by atoms with Crippen molar-refractivity contribution in [3.63, 3.8) is 0 Å². The first kappa shape index (κ1) is 20.9. The maximum atomic E-state index is 12.9. The van der Waals surface area contributed by atoms with Crippen LogP contribution in [0.25, 0.3) is 0 Å². The second-order valence-corrected chi connectivity index (χ2v) is 8.69. The Morgan fingerprint density at radius 3 is 2.45 bits per heavy atom. The molecule has 2 aromatic carbocycles. The second kappa shape index (κ2) is 9.62. The fourth-order valence-corrected chi connectivity index (χ4v) is 3.86. The first-order valence-electron chi connectivity index (χ1n) is 9.01. The van der Waals surface area contributed by atoms with E-state index >= 15 is 0 Å². The Labute approximate surface area is 173 Å². The van der Waals surface area contributed by atoms with E-state index in [4.69, 9.17) is 0 Å². The molecular weight excluding hydrogens is 413 g/mol. The standard InChI is InChI=1S/C20H20FN3O3S2/c21-29(26,27)17-11-9-16(10-12-17)19(25)24-20-23-14-18(28-20)22-13-5-4-8-15-6-2-1-3-7-15/h1-3,6-7,9-12,14,22H,4-5,8,13H2,(H,23,24,25). The number of unbranched alkanes of at least 4 members (excludes halogenated alkanes) is 1. The van der Waals surface area contributed by atoms with Crippen LogP contribution >= 0.6 is 11.3 Å². The summed E-state index contributed by atoms with van der Waals surface area (Å²) in [6.45, 7) is 0.807. The van der Waals surface area contributed by atoms with Gasteiger partial charge in [0.05, 0.1) is 11.1 Å². The van der Waals surface area contributed by atoms with Gasteiger partial charge in [0.25, 0.3) is 5.91 Å². The molecule has 3 rings (SSSR count). The lowest BCUT2D eigenvalue weighted by atomic mass is 10.1. The van der Waals surface area contributed by atoms with Crippen LogP contribution in [0.4, 0.5) is 14.0 Å². The molecule has 0 aliphatic heterocycles. The van der Waals surface area contributed by atoms with E-state index in [1.165, 1.54) is 29.0 Å². The fourth-order valence-electron chi connectivity index (χ4n) is 2.66. The van der Waals surface area contributed by atoms with E-state index in [1.807, 2.05) is 18.2 Å². The molecule has 0 aliphatic rings. The Balaban J connectivity index is 1.44. The number of thiazole rings is 1. The number of benzene rings is 2. The molecule has 0 saturated heterocycles. The zero-order valence-corrected chi connectivity index (χ0v) is 17.1. The average Bonchev–Trinajstić information content (AvgIpc) is 3.15. The molecule has 1 heterocycles. The van der Waals surface area contributed by atoms with Crippen molar-refractivity contribution in [1.82, 2.24) is 4.98 Å². The minimum absolute atomic E-state index is 0.211. The molecule has 1 amide bonds. The van der Waals surface area contributed by atoms with Crippen LogP contribution in [0.15, 0.2) is 65.7 Å². The Morgan fingerprint density at radius 1 is 1.03 bits per heavy atom. The number of aromatic nitrogens is 1. The second-order valence-electron chi connectivity index (χ2n) is 6.32. The molecule has 1 aromatic heterocycles. The Morgan fingerprint density at radius 2 is 1.76 bits per heavy atom. The molecule has 152 valence electrons. The minimum atomic E-state index is -4.78. The third-order valence-corrected chi connectivity index (χ3v) is 5.86. The molecule has 6 nitrogen and oxygen atoms in total. The number of nitrogens with one attached hydrogen (secondary N) is 2. The normalized spacial score (nSPS) is 11.2. The predicted molar refractivity (Wildman–Crippen MR) is 113 cm³/mol. The molecule has 0 atom stereocenters. The number of carbonyl (C=O) groups excluding carboxylic acids is 1. The predicted octanol–water partition coefficient (Wildman–Crippen LogP) is 4.49. The first-order chi connectivity index (χ1) is 13.9. The third-order valence-electron chi connectivity index (χ3n) is 4.16. The van der Waals surface area contributed by atoms with Crippen LogP contribution < -0.4 is 10.6 Å². The van der Waals surface area contributed by atoms with E-state index in [-0.39, 0.29) is 5.56 Å². The van der Waals surface area contributed by atoms with Crippen LogP contribution in [0.1, 0.15) is 28.8 Å². The Hall–Kier alpha value is -2.78. The molecule has 0 aliphatic carbocycles. The zero-order chi connectivity index (χ0) is 20.7. The number of aryl methyl sites for hydroxylation is 1. The van der Waals surface area contributed by atoms with Gasteiger partial charge in [-0.15, -0.1) is 3.89 Å². The van der Waals surface area contributed by atoms with Gasteiger partial charge in [0, 0.05) is 12.1 Å². The Kier molecular flexibility index (Phi) is 6.95. The summed E-state index contributed by atoms with van der Waals surface area (Å²) in [5.41, 5.74) is 1.54. The number of carbonyl (C=O) groups is 1. The van der Waals surface area contributed by atoms with E-state index < -0.39 is 21.0 Å². The lowest BCUT2D eigenvalue weighted by molar-refractivity contribution is 0.102. The summed E-state index contributed by atoms with van der Waals surface area (Å²) >= 11 is 1.31. The number of amides is 1. The molecule has 0 radical (unpaired) electrons. The molecule has 3 aromatic rings. The van der Waals surface area contributed by atoms with Crippen molar-refractivity contribution < 1.29 is 17.1 Å². The van der Waals surface area contributed by atoms with Crippen molar-refractivity contribution in [3.8, 4) is 0 Å². The summed E-state index contributed by atoms with van der Waals surface area (Å²) in [5, 5.41) is 7.20. The maximum absolute atomic E-state index is 12.9. The lowest BCUT2D eigenvalue weighted by Crippen LogP contribution is -2.11. The highest BCUT2D eigenvalue weighted by atomic mass is 32.3. The molecule has 9 heteroatoms. The number of hydrogen-bond donors (Lipinski definition) is 2.